The maximum absolute atomic E-state index is 12.7. The van der Waals surface area contributed by atoms with E-state index < -0.39 is 5.91 Å². The fourth-order valence-electron chi connectivity index (χ4n) is 3.41. The number of carbonyl (C=O) groups is 1. The molecule has 8 nitrogen and oxygen atoms in total. The van der Waals surface area contributed by atoms with Crippen LogP contribution in [-0.4, -0.2) is 33.8 Å². The summed E-state index contributed by atoms with van der Waals surface area (Å²) in [6.45, 7) is 7.63. The average Bonchev–Trinajstić information content (AvgIpc) is 2.73. The Labute approximate surface area is 175 Å². The standard InChI is InChI=1S/C22H26N6O2/c1-5-28(6-2)20-11-10-19(25-26-20)24-18-12-15(13-27(4)22(18)30)16-8-7-9-17(14(16)3)21(23)29/h7-13H,5-6H2,1-4H3,(H2,23,29)(H,24,25). The van der Waals surface area contributed by atoms with E-state index in [0.717, 1.165) is 35.6 Å². The number of amides is 1. The Morgan fingerprint density at radius 1 is 1.17 bits per heavy atom. The third-order valence-corrected chi connectivity index (χ3v) is 5.09. The highest BCUT2D eigenvalue weighted by Gasteiger charge is 2.13. The van der Waals surface area contributed by atoms with Gasteiger partial charge in [0.25, 0.3) is 5.56 Å². The first-order valence-corrected chi connectivity index (χ1v) is 9.81. The van der Waals surface area contributed by atoms with E-state index in [0.29, 0.717) is 17.1 Å². The van der Waals surface area contributed by atoms with Gasteiger partial charge in [0.2, 0.25) is 5.91 Å². The summed E-state index contributed by atoms with van der Waals surface area (Å²) < 4.78 is 1.49. The topological polar surface area (TPSA) is 106 Å². The lowest BCUT2D eigenvalue weighted by Crippen LogP contribution is -2.23. The number of primary amides is 1. The number of anilines is 3. The molecule has 3 aromatic rings. The summed E-state index contributed by atoms with van der Waals surface area (Å²) in [5.74, 6) is 0.773. The first-order chi connectivity index (χ1) is 14.3. The van der Waals surface area contributed by atoms with Crippen molar-refractivity contribution in [1.29, 1.82) is 0 Å². The Balaban J connectivity index is 1.98. The van der Waals surface area contributed by atoms with Crippen LogP contribution in [0.4, 0.5) is 17.3 Å². The predicted octanol–water partition coefficient (Wildman–Crippen LogP) is 2.84. The van der Waals surface area contributed by atoms with Crippen LogP contribution in [0, 0.1) is 6.92 Å². The van der Waals surface area contributed by atoms with Crippen molar-refractivity contribution >= 4 is 23.2 Å². The van der Waals surface area contributed by atoms with E-state index in [1.807, 2.05) is 19.1 Å². The van der Waals surface area contributed by atoms with Crippen molar-refractivity contribution in [3.8, 4) is 11.1 Å². The summed E-state index contributed by atoms with van der Waals surface area (Å²) in [5, 5.41) is 11.5. The Morgan fingerprint density at radius 3 is 2.50 bits per heavy atom. The van der Waals surface area contributed by atoms with Crippen LogP contribution >= 0.6 is 0 Å². The number of benzene rings is 1. The van der Waals surface area contributed by atoms with Crippen LogP contribution in [0.25, 0.3) is 11.1 Å². The molecule has 3 rings (SSSR count). The molecule has 0 saturated heterocycles. The predicted molar refractivity (Wildman–Crippen MR) is 119 cm³/mol. The van der Waals surface area contributed by atoms with E-state index >= 15 is 0 Å². The molecule has 2 aromatic heterocycles. The zero-order valence-electron chi connectivity index (χ0n) is 17.6. The molecule has 30 heavy (non-hydrogen) atoms. The number of nitrogens with one attached hydrogen (secondary N) is 1. The summed E-state index contributed by atoms with van der Waals surface area (Å²) >= 11 is 0. The van der Waals surface area contributed by atoms with E-state index in [9.17, 15) is 9.59 Å². The molecule has 2 heterocycles. The second kappa shape index (κ2) is 8.77. The number of hydrogen-bond donors (Lipinski definition) is 2. The minimum atomic E-state index is -0.485. The number of aryl methyl sites for hydroxylation is 1. The Hall–Kier alpha value is -3.68. The van der Waals surface area contributed by atoms with Crippen molar-refractivity contribution in [3.05, 3.63) is 64.1 Å². The molecule has 0 fully saturated rings. The van der Waals surface area contributed by atoms with E-state index in [-0.39, 0.29) is 5.56 Å². The van der Waals surface area contributed by atoms with Crippen molar-refractivity contribution in [2.45, 2.75) is 20.8 Å². The summed E-state index contributed by atoms with van der Waals surface area (Å²) in [5.41, 5.74) is 8.47. The van der Waals surface area contributed by atoms with E-state index in [2.05, 4.69) is 34.3 Å². The molecular formula is C22H26N6O2. The van der Waals surface area contributed by atoms with Crippen LogP contribution in [0.2, 0.25) is 0 Å². The Kier molecular flexibility index (Phi) is 6.15. The largest absolute Gasteiger partial charge is 0.366 e. The summed E-state index contributed by atoms with van der Waals surface area (Å²) in [4.78, 5) is 26.4. The van der Waals surface area contributed by atoms with E-state index in [4.69, 9.17) is 5.73 Å². The van der Waals surface area contributed by atoms with Crippen molar-refractivity contribution in [1.82, 2.24) is 14.8 Å². The normalized spacial score (nSPS) is 10.7. The molecule has 156 valence electrons. The first kappa shape index (κ1) is 21.0. The Bertz CT molecular complexity index is 1120. The highest BCUT2D eigenvalue weighted by atomic mass is 16.1. The van der Waals surface area contributed by atoms with Gasteiger partial charge in [-0.1, -0.05) is 12.1 Å². The minimum absolute atomic E-state index is 0.197. The van der Waals surface area contributed by atoms with Gasteiger partial charge in [-0.2, -0.15) is 0 Å². The van der Waals surface area contributed by atoms with Crippen LogP contribution in [-0.2, 0) is 7.05 Å². The van der Waals surface area contributed by atoms with Crippen molar-refractivity contribution in [3.63, 3.8) is 0 Å². The maximum Gasteiger partial charge on any atom is 0.274 e. The lowest BCUT2D eigenvalue weighted by Gasteiger charge is -2.19. The van der Waals surface area contributed by atoms with Crippen LogP contribution in [0.5, 0.6) is 0 Å². The van der Waals surface area contributed by atoms with Gasteiger partial charge in [-0.05, 0) is 56.2 Å². The number of nitrogens with two attached hydrogens (primary N) is 1. The highest BCUT2D eigenvalue weighted by Crippen LogP contribution is 2.27. The van der Waals surface area contributed by atoms with Crippen molar-refractivity contribution < 1.29 is 4.79 Å². The average molecular weight is 406 g/mol. The Morgan fingerprint density at radius 2 is 1.90 bits per heavy atom. The summed E-state index contributed by atoms with van der Waals surface area (Å²) in [7, 11) is 1.68. The maximum atomic E-state index is 12.7. The smallest absolute Gasteiger partial charge is 0.274 e. The zero-order valence-corrected chi connectivity index (χ0v) is 17.6. The zero-order chi connectivity index (χ0) is 21.8. The molecule has 0 aliphatic rings. The van der Waals surface area contributed by atoms with Gasteiger partial charge in [-0.15, -0.1) is 10.2 Å². The summed E-state index contributed by atoms with van der Waals surface area (Å²) in [6, 6.07) is 10.8. The van der Waals surface area contributed by atoms with Gasteiger partial charge in [-0.25, -0.2) is 0 Å². The second-order valence-corrected chi connectivity index (χ2v) is 6.97. The first-order valence-electron chi connectivity index (χ1n) is 9.81. The minimum Gasteiger partial charge on any atom is -0.366 e. The fourth-order valence-corrected chi connectivity index (χ4v) is 3.41. The number of pyridine rings is 1. The van der Waals surface area contributed by atoms with Crippen molar-refractivity contribution in [2.24, 2.45) is 12.8 Å². The molecule has 0 aliphatic carbocycles. The van der Waals surface area contributed by atoms with Gasteiger partial charge >= 0.3 is 0 Å². The molecule has 3 N–H and O–H groups in total. The number of hydrogen-bond acceptors (Lipinski definition) is 6. The van der Waals surface area contributed by atoms with Gasteiger partial charge in [0, 0.05) is 37.5 Å². The van der Waals surface area contributed by atoms with Gasteiger partial charge in [-0.3, -0.25) is 9.59 Å². The molecule has 0 atom stereocenters. The number of rotatable bonds is 7. The molecule has 1 aromatic carbocycles. The molecule has 0 aliphatic heterocycles. The summed E-state index contributed by atoms with van der Waals surface area (Å²) in [6.07, 6.45) is 1.73. The second-order valence-electron chi connectivity index (χ2n) is 6.97. The van der Waals surface area contributed by atoms with Gasteiger partial charge < -0.3 is 20.5 Å². The quantitative estimate of drug-likeness (QED) is 0.625. The highest BCUT2D eigenvalue weighted by molar-refractivity contribution is 5.96. The molecule has 0 unspecified atom stereocenters. The van der Waals surface area contributed by atoms with Crippen LogP contribution in [0.1, 0.15) is 29.8 Å². The molecule has 0 bridgehead atoms. The molecule has 0 saturated carbocycles. The van der Waals surface area contributed by atoms with Gasteiger partial charge in [0.1, 0.15) is 5.69 Å². The van der Waals surface area contributed by atoms with Crippen LogP contribution < -0.4 is 21.5 Å². The molecule has 0 spiro atoms. The number of aromatic nitrogens is 3. The number of nitrogens with zero attached hydrogens (tertiary/aromatic N) is 4. The monoisotopic (exact) mass is 406 g/mol. The molecule has 1 amide bonds. The van der Waals surface area contributed by atoms with Crippen molar-refractivity contribution in [2.75, 3.05) is 23.3 Å². The van der Waals surface area contributed by atoms with Gasteiger partial charge in [0.05, 0.1) is 0 Å². The number of carbonyl (C=O) groups excluding carboxylic acids is 1. The lowest BCUT2D eigenvalue weighted by molar-refractivity contribution is 0.1000. The van der Waals surface area contributed by atoms with Gasteiger partial charge in [0.15, 0.2) is 11.6 Å². The van der Waals surface area contributed by atoms with Crippen LogP contribution in [0.3, 0.4) is 0 Å². The third kappa shape index (κ3) is 4.17. The molecular weight excluding hydrogens is 380 g/mol. The van der Waals surface area contributed by atoms with Crippen LogP contribution in [0.15, 0.2) is 47.4 Å². The lowest BCUT2D eigenvalue weighted by atomic mass is 9.97. The third-order valence-electron chi connectivity index (χ3n) is 5.09. The SMILES string of the molecule is CCN(CC)c1ccc(Nc2cc(-c3cccc(C(N)=O)c3C)cn(C)c2=O)nn1. The van der Waals surface area contributed by atoms with E-state index in [1.54, 1.807) is 37.5 Å². The molecule has 0 radical (unpaired) electrons. The van der Waals surface area contributed by atoms with E-state index in [1.165, 1.54) is 4.57 Å². The fraction of sp³-hybridized carbons (Fsp3) is 0.273. The molecule has 8 heteroatoms.